The molecule has 3 aromatic carbocycles. The van der Waals surface area contributed by atoms with Gasteiger partial charge in [0, 0.05) is 4.70 Å². The maximum absolute atomic E-state index is 12.8. The normalized spacial score (nSPS) is 12.5. The first-order valence-electron chi connectivity index (χ1n) is 10.6. The molecule has 1 amide bonds. The van der Waals surface area contributed by atoms with Crippen molar-refractivity contribution in [3.05, 3.63) is 100 Å². The molecule has 170 valence electrons. The van der Waals surface area contributed by atoms with Crippen molar-refractivity contribution in [2.75, 3.05) is 10.6 Å². The number of sulfonamides is 1. The number of benzene rings is 3. The number of amides is 1. The lowest BCUT2D eigenvalue weighted by Crippen LogP contribution is -2.29. The molecule has 1 atom stereocenters. The second-order valence-corrected chi connectivity index (χ2v) is 11.2. The smallest absolute Gasteiger partial charge is 0.261 e. The Morgan fingerprint density at radius 3 is 2.36 bits per heavy atom. The third kappa shape index (κ3) is 5.43. The van der Waals surface area contributed by atoms with Crippen molar-refractivity contribution < 1.29 is 13.2 Å². The molecule has 0 saturated carbocycles. The Balaban J connectivity index is 1.59. The minimum atomic E-state index is -3.49. The minimum Gasteiger partial charge on any atom is -0.345 e. The summed E-state index contributed by atoms with van der Waals surface area (Å²) in [5.74, 6) is -0.145. The summed E-state index contributed by atoms with van der Waals surface area (Å²) in [5.41, 5.74) is 3.64. The van der Waals surface area contributed by atoms with E-state index in [1.54, 1.807) is 6.07 Å². The van der Waals surface area contributed by atoms with Crippen LogP contribution in [0, 0.1) is 6.92 Å². The lowest BCUT2D eigenvalue weighted by molar-refractivity contribution is 0.0944. The number of carbonyl (C=O) groups excluding carboxylic acids is 1. The molecule has 0 radical (unpaired) electrons. The van der Waals surface area contributed by atoms with Gasteiger partial charge in [-0.2, -0.15) is 0 Å². The van der Waals surface area contributed by atoms with E-state index in [9.17, 15) is 13.2 Å². The molecule has 5 nitrogen and oxygen atoms in total. The van der Waals surface area contributed by atoms with E-state index >= 15 is 0 Å². The number of hydrogen-bond donors (Lipinski definition) is 1. The third-order valence-corrected chi connectivity index (χ3v) is 7.76. The quantitative estimate of drug-likeness (QED) is 0.372. The van der Waals surface area contributed by atoms with Gasteiger partial charge in [0.25, 0.3) is 5.91 Å². The zero-order chi connectivity index (χ0) is 23.6. The van der Waals surface area contributed by atoms with Crippen molar-refractivity contribution in [1.82, 2.24) is 5.32 Å². The first-order chi connectivity index (χ1) is 15.7. The van der Waals surface area contributed by atoms with Crippen LogP contribution in [0.3, 0.4) is 0 Å². The first kappa shape index (κ1) is 23.0. The molecule has 0 aliphatic heterocycles. The van der Waals surface area contributed by atoms with Crippen LogP contribution in [-0.2, 0) is 16.6 Å². The van der Waals surface area contributed by atoms with Crippen LogP contribution in [0.5, 0.6) is 0 Å². The van der Waals surface area contributed by atoms with Gasteiger partial charge in [0.05, 0.1) is 29.4 Å². The van der Waals surface area contributed by atoms with Crippen LogP contribution in [0.25, 0.3) is 10.1 Å². The summed E-state index contributed by atoms with van der Waals surface area (Å²) >= 11 is 1.40. The summed E-state index contributed by atoms with van der Waals surface area (Å²) in [7, 11) is -3.49. The van der Waals surface area contributed by atoms with Gasteiger partial charge >= 0.3 is 0 Å². The van der Waals surface area contributed by atoms with E-state index < -0.39 is 10.0 Å². The standard InChI is InChI=1S/C26H26N2O3S2/c1-18-9-11-20(12-10-18)17-28(33(3,30)31)23-13-14-24-22(15-23)16-25(32-24)26(29)27-19(2)21-7-5-4-6-8-21/h4-16,19H,17H2,1-3H3,(H,27,29)/t19-/m1/s1. The summed E-state index contributed by atoms with van der Waals surface area (Å²) in [6.07, 6.45) is 1.21. The van der Waals surface area contributed by atoms with E-state index in [4.69, 9.17) is 0 Å². The molecule has 7 heteroatoms. The Bertz CT molecular complexity index is 1380. The van der Waals surface area contributed by atoms with Gasteiger partial charge in [-0.3, -0.25) is 9.10 Å². The van der Waals surface area contributed by atoms with Crippen LogP contribution in [0.4, 0.5) is 5.69 Å². The number of hydrogen-bond acceptors (Lipinski definition) is 4. The average Bonchev–Trinajstić information content (AvgIpc) is 3.22. The fourth-order valence-corrected chi connectivity index (χ4v) is 5.48. The zero-order valence-electron chi connectivity index (χ0n) is 18.8. The lowest BCUT2D eigenvalue weighted by Gasteiger charge is -2.22. The van der Waals surface area contributed by atoms with Crippen molar-refractivity contribution in [3.63, 3.8) is 0 Å². The van der Waals surface area contributed by atoms with Gasteiger partial charge in [-0.1, -0.05) is 60.2 Å². The first-order valence-corrected chi connectivity index (χ1v) is 13.3. The molecule has 0 aliphatic carbocycles. The molecule has 4 rings (SSSR count). The van der Waals surface area contributed by atoms with E-state index in [1.165, 1.54) is 21.9 Å². The molecule has 33 heavy (non-hydrogen) atoms. The SMILES string of the molecule is Cc1ccc(CN(c2ccc3sc(C(=O)N[C@H](C)c4ccccc4)cc3c2)S(C)(=O)=O)cc1. The summed E-state index contributed by atoms with van der Waals surface area (Å²) in [6.45, 7) is 4.20. The lowest BCUT2D eigenvalue weighted by atomic mass is 10.1. The Hall–Kier alpha value is -3.16. The largest absolute Gasteiger partial charge is 0.345 e. The van der Waals surface area contributed by atoms with Gasteiger partial charge in [-0.15, -0.1) is 11.3 Å². The predicted octanol–water partition coefficient (Wildman–Crippen LogP) is 5.67. The van der Waals surface area contributed by atoms with Gasteiger partial charge in [-0.05, 0) is 54.6 Å². The average molecular weight is 479 g/mol. The van der Waals surface area contributed by atoms with Crippen molar-refractivity contribution in [3.8, 4) is 0 Å². The van der Waals surface area contributed by atoms with Crippen molar-refractivity contribution in [1.29, 1.82) is 0 Å². The molecule has 0 bridgehead atoms. The molecule has 0 saturated heterocycles. The monoisotopic (exact) mass is 478 g/mol. The highest BCUT2D eigenvalue weighted by atomic mass is 32.2. The number of nitrogens with one attached hydrogen (secondary N) is 1. The van der Waals surface area contributed by atoms with Gasteiger partial charge in [-0.25, -0.2) is 8.42 Å². The van der Waals surface area contributed by atoms with Crippen molar-refractivity contribution in [2.24, 2.45) is 0 Å². The molecule has 0 spiro atoms. The number of nitrogens with zero attached hydrogens (tertiary/aromatic N) is 1. The Morgan fingerprint density at radius 2 is 1.70 bits per heavy atom. The van der Waals surface area contributed by atoms with Crippen LogP contribution < -0.4 is 9.62 Å². The number of aryl methyl sites for hydroxylation is 1. The van der Waals surface area contributed by atoms with Crippen LogP contribution in [0.1, 0.15) is 39.3 Å². The second kappa shape index (κ2) is 9.37. The second-order valence-electron chi connectivity index (χ2n) is 8.19. The van der Waals surface area contributed by atoms with E-state index in [1.807, 2.05) is 86.6 Å². The summed E-state index contributed by atoms with van der Waals surface area (Å²) in [4.78, 5) is 13.4. The van der Waals surface area contributed by atoms with E-state index in [-0.39, 0.29) is 18.5 Å². The molecular weight excluding hydrogens is 452 g/mol. The molecule has 1 heterocycles. The van der Waals surface area contributed by atoms with E-state index in [2.05, 4.69) is 5.32 Å². The number of carbonyl (C=O) groups is 1. The van der Waals surface area contributed by atoms with Gasteiger partial charge < -0.3 is 5.32 Å². The predicted molar refractivity (Wildman–Crippen MR) is 136 cm³/mol. The fourth-order valence-electron chi connectivity index (χ4n) is 3.65. The fraction of sp³-hybridized carbons (Fsp3) is 0.192. The molecule has 4 aromatic rings. The van der Waals surface area contributed by atoms with Crippen molar-refractivity contribution >= 4 is 43.0 Å². The van der Waals surface area contributed by atoms with Gasteiger partial charge in [0.2, 0.25) is 10.0 Å². The zero-order valence-corrected chi connectivity index (χ0v) is 20.4. The highest BCUT2D eigenvalue weighted by Crippen LogP contribution is 2.31. The molecular formula is C26H26N2O3S2. The molecule has 0 unspecified atom stereocenters. The Kier molecular flexibility index (Phi) is 6.54. The maximum Gasteiger partial charge on any atom is 0.261 e. The van der Waals surface area contributed by atoms with Crippen LogP contribution in [-0.4, -0.2) is 20.6 Å². The van der Waals surface area contributed by atoms with Crippen LogP contribution in [0.2, 0.25) is 0 Å². The Labute approximate surface area is 198 Å². The molecule has 1 aromatic heterocycles. The number of fused-ring (bicyclic) bond motifs is 1. The summed E-state index contributed by atoms with van der Waals surface area (Å²) in [5, 5.41) is 3.88. The van der Waals surface area contributed by atoms with Crippen LogP contribution >= 0.6 is 11.3 Å². The van der Waals surface area contributed by atoms with Gasteiger partial charge in [0.15, 0.2) is 0 Å². The van der Waals surface area contributed by atoms with E-state index in [0.717, 1.165) is 26.8 Å². The third-order valence-electron chi connectivity index (χ3n) is 5.51. The topological polar surface area (TPSA) is 66.5 Å². The van der Waals surface area contributed by atoms with Gasteiger partial charge in [0.1, 0.15) is 0 Å². The molecule has 0 aliphatic rings. The summed E-state index contributed by atoms with van der Waals surface area (Å²) in [6, 6.07) is 24.8. The van der Waals surface area contributed by atoms with Crippen molar-refractivity contribution in [2.45, 2.75) is 26.4 Å². The number of thiophene rings is 1. The maximum atomic E-state index is 12.8. The summed E-state index contributed by atoms with van der Waals surface area (Å²) < 4.78 is 27.5. The highest BCUT2D eigenvalue weighted by Gasteiger charge is 2.20. The molecule has 1 N–H and O–H groups in total. The number of anilines is 1. The Morgan fingerprint density at radius 1 is 1.00 bits per heavy atom. The highest BCUT2D eigenvalue weighted by molar-refractivity contribution is 7.92. The molecule has 0 fully saturated rings. The number of rotatable bonds is 7. The van der Waals surface area contributed by atoms with E-state index in [0.29, 0.717) is 10.6 Å². The minimum absolute atomic E-state index is 0.116. The van der Waals surface area contributed by atoms with Crippen LogP contribution in [0.15, 0.2) is 78.9 Å².